The van der Waals surface area contributed by atoms with Crippen LogP contribution in [0.2, 0.25) is 0 Å². The first-order valence-corrected chi connectivity index (χ1v) is 10.5. The Morgan fingerprint density at radius 1 is 1.19 bits per heavy atom. The summed E-state index contributed by atoms with van der Waals surface area (Å²) in [6.07, 6.45) is 6.33. The molecule has 8 nitrogen and oxygen atoms in total. The Balaban J connectivity index is 1.21. The Morgan fingerprint density at radius 2 is 2.00 bits per heavy atom. The lowest BCUT2D eigenvalue weighted by Crippen LogP contribution is -2.58. The molecule has 3 atom stereocenters. The quantitative estimate of drug-likeness (QED) is 0.757. The standard InChI is InChI=1S/C19H30N6O2/c1-24-6-4-13(5-7-24)21-14-8-16-18(26)20-10-15(25(16)11-14)9-17-22-23-19(27-17)12-2-3-12/h12-16,21H,2-11H2,1H3,(H,20,26)/t14-,15+,16-/m0/s1. The van der Waals surface area contributed by atoms with Gasteiger partial charge in [-0.3, -0.25) is 9.69 Å². The Morgan fingerprint density at radius 3 is 2.78 bits per heavy atom. The van der Waals surface area contributed by atoms with Gasteiger partial charge >= 0.3 is 0 Å². The van der Waals surface area contributed by atoms with E-state index in [1.165, 1.54) is 25.7 Å². The van der Waals surface area contributed by atoms with Crippen LogP contribution in [0.3, 0.4) is 0 Å². The number of amides is 1. The fraction of sp³-hybridized carbons (Fsp3) is 0.842. The number of carbonyl (C=O) groups is 1. The first-order chi connectivity index (χ1) is 13.2. The van der Waals surface area contributed by atoms with Gasteiger partial charge in [-0.25, -0.2) is 0 Å². The molecule has 3 saturated heterocycles. The molecular weight excluding hydrogens is 344 g/mol. The van der Waals surface area contributed by atoms with Crippen molar-refractivity contribution in [3.8, 4) is 0 Å². The molecule has 1 aliphatic carbocycles. The molecule has 148 valence electrons. The third kappa shape index (κ3) is 3.75. The first kappa shape index (κ1) is 17.6. The summed E-state index contributed by atoms with van der Waals surface area (Å²) >= 11 is 0. The van der Waals surface area contributed by atoms with Crippen molar-refractivity contribution in [2.75, 3.05) is 33.2 Å². The highest BCUT2D eigenvalue weighted by atomic mass is 16.4. The van der Waals surface area contributed by atoms with E-state index >= 15 is 0 Å². The second-order valence-corrected chi connectivity index (χ2v) is 8.80. The lowest BCUT2D eigenvalue weighted by molar-refractivity contribution is -0.129. The van der Waals surface area contributed by atoms with Crippen molar-refractivity contribution in [1.82, 2.24) is 30.6 Å². The molecule has 0 radical (unpaired) electrons. The van der Waals surface area contributed by atoms with Crippen molar-refractivity contribution >= 4 is 5.91 Å². The van der Waals surface area contributed by atoms with E-state index in [9.17, 15) is 4.79 Å². The Labute approximate surface area is 160 Å². The normalized spacial score (nSPS) is 33.2. The summed E-state index contributed by atoms with van der Waals surface area (Å²) in [4.78, 5) is 17.2. The number of rotatable bonds is 5. The van der Waals surface area contributed by atoms with Gasteiger partial charge in [-0.2, -0.15) is 0 Å². The van der Waals surface area contributed by atoms with Crippen LogP contribution in [-0.2, 0) is 11.2 Å². The van der Waals surface area contributed by atoms with E-state index in [0.717, 1.165) is 38.4 Å². The summed E-state index contributed by atoms with van der Waals surface area (Å²) in [5.41, 5.74) is 0. The average molecular weight is 374 g/mol. The minimum atomic E-state index is -0.0293. The van der Waals surface area contributed by atoms with Gasteiger partial charge in [0, 0.05) is 43.6 Å². The van der Waals surface area contributed by atoms with Gasteiger partial charge in [0.25, 0.3) is 0 Å². The maximum Gasteiger partial charge on any atom is 0.237 e. The maximum absolute atomic E-state index is 12.4. The van der Waals surface area contributed by atoms with Crippen LogP contribution in [0, 0.1) is 0 Å². The van der Waals surface area contributed by atoms with Gasteiger partial charge < -0.3 is 20.0 Å². The molecule has 3 aliphatic heterocycles. The third-order valence-corrected chi connectivity index (χ3v) is 6.63. The maximum atomic E-state index is 12.4. The molecule has 4 heterocycles. The van der Waals surface area contributed by atoms with Crippen LogP contribution in [0.4, 0.5) is 0 Å². The molecule has 8 heteroatoms. The van der Waals surface area contributed by atoms with Crippen molar-refractivity contribution in [3.63, 3.8) is 0 Å². The van der Waals surface area contributed by atoms with Crippen LogP contribution in [0.25, 0.3) is 0 Å². The number of nitrogens with zero attached hydrogens (tertiary/aromatic N) is 4. The summed E-state index contributed by atoms with van der Waals surface area (Å²) in [7, 11) is 2.19. The topological polar surface area (TPSA) is 86.5 Å². The zero-order valence-electron chi connectivity index (χ0n) is 16.1. The van der Waals surface area contributed by atoms with Crippen molar-refractivity contribution in [2.45, 2.75) is 68.6 Å². The van der Waals surface area contributed by atoms with Gasteiger partial charge in [0.05, 0.1) is 6.04 Å². The van der Waals surface area contributed by atoms with E-state index in [1.54, 1.807) is 0 Å². The number of likely N-dealkylation sites (tertiary alicyclic amines) is 1. The molecule has 0 spiro atoms. The number of hydrogen-bond donors (Lipinski definition) is 2. The van der Waals surface area contributed by atoms with Crippen molar-refractivity contribution in [1.29, 1.82) is 0 Å². The van der Waals surface area contributed by atoms with Gasteiger partial charge in [0.2, 0.25) is 17.7 Å². The second-order valence-electron chi connectivity index (χ2n) is 8.80. The fourth-order valence-electron chi connectivity index (χ4n) is 4.84. The molecule has 2 N–H and O–H groups in total. The molecule has 1 saturated carbocycles. The molecule has 4 aliphatic rings. The average Bonchev–Trinajstić information content (AvgIpc) is 3.25. The predicted molar refractivity (Wildman–Crippen MR) is 99.3 cm³/mol. The molecule has 27 heavy (non-hydrogen) atoms. The van der Waals surface area contributed by atoms with E-state index < -0.39 is 0 Å². The highest BCUT2D eigenvalue weighted by Gasteiger charge is 2.44. The van der Waals surface area contributed by atoms with Crippen LogP contribution in [0.15, 0.2) is 4.42 Å². The number of nitrogens with one attached hydrogen (secondary N) is 2. The van der Waals surface area contributed by atoms with Crippen LogP contribution in [0.5, 0.6) is 0 Å². The lowest BCUT2D eigenvalue weighted by Gasteiger charge is -2.36. The molecule has 1 aromatic heterocycles. The van der Waals surface area contributed by atoms with Crippen LogP contribution < -0.4 is 10.6 Å². The molecule has 5 rings (SSSR count). The third-order valence-electron chi connectivity index (χ3n) is 6.63. The Bertz CT molecular complexity index is 681. The fourth-order valence-corrected chi connectivity index (χ4v) is 4.84. The van der Waals surface area contributed by atoms with Gasteiger partial charge in [-0.15, -0.1) is 10.2 Å². The SMILES string of the molecule is CN1CCC(N[C@H]2C[C@H]3C(=O)NC[C@@H](Cc4nnc(C5CC5)o4)N3C2)CC1. The molecular formula is C19H30N6O2. The van der Waals surface area contributed by atoms with E-state index in [1.807, 2.05) is 0 Å². The van der Waals surface area contributed by atoms with Crippen molar-refractivity contribution < 1.29 is 9.21 Å². The molecule has 0 bridgehead atoms. The predicted octanol–water partition coefficient (Wildman–Crippen LogP) is 0.115. The first-order valence-electron chi connectivity index (χ1n) is 10.5. The Hall–Kier alpha value is -1.51. The number of aromatic nitrogens is 2. The molecule has 1 aromatic rings. The van der Waals surface area contributed by atoms with E-state index in [0.29, 0.717) is 30.4 Å². The minimum Gasteiger partial charge on any atom is -0.425 e. The van der Waals surface area contributed by atoms with E-state index in [4.69, 9.17) is 4.42 Å². The van der Waals surface area contributed by atoms with Crippen LogP contribution in [-0.4, -0.2) is 83.3 Å². The second kappa shape index (κ2) is 7.14. The zero-order valence-corrected chi connectivity index (χ0v) is 16.1. The lowest BCUT2D eigenvalue weighted by atomic mass is 10.0. The summed E-state index contributed by atoms with van der Waals surface area (Å²) in [5.74, 6) is 2.16. The number of carbonyl (C=O) groups excluding carboxylic acids is 1. The molecule has 1 amide bonds. The summed E-state index contributed by atoms with van der Waals surface area (Å²) in [6, 6.07) is 1.17. The minimum absolute atomic E-state index is 0.0293. The number of hydrogen-bond acceptors (Lipinski definition) is 7. The molecule has 0 unspecified atom stereocenters. The monoisotopic (exact) mass is 374 g/mol. The molecule has 0 aromatic carbocycles. The molecule has 4 fully saturated rings. The van der Waals surface area contributed by atoms with Gasteiger partial charge in [-0.05, 0) is 52.2 Å². The van der Waals surface area contributed by atoms with Crippen LogP contribution >= 0.6 is 0 Å². The van der Waals surface area contributed by atoms with Crippen LogP contribution in [0.1, 0.15) is 49.8 Å². The van der Waals surface area contributed by atoms with Crippen molar-refractivity contribution in [2.24, 2.45) is 0 Å². The highest BCUT2D eigenvalue weighted by Crippen LogP contribution is 2.39. The number of fused-ring (bicyclic) bond motifs is 1. The zero-order chi connectivity index (χ0) is 18.4. The van der Waals surface area contributed by atoms with E-state index in [2.05, 4.69) is 37.7 Å². The largest absolute Gasteiger partial charge is 0.425 e. The summed E-state index contributed by atoms with van der Waals surface area (Å²) in [6.45, 7) is 3.90. The Kier molecular flexibility index (Phi) is 4.65. The number of piperidine rings is 1. The smallest absolute Gasteiger partial charge is 0.237 e. The van der Waals surface area contributed by atoms with Crippen molar-refractivity contribution in [3.05, 3.63) is 11.8 Å². The van der Waals surface area contributed by atoms with E-state index in [-0.39, 0.29) is 18.0 Å². The van der Waals surface area contributed by atoms with Gasteiger partial charge in [0.1, 0.15) is 0 Å². The number of piperazine rings is 1. The summed E-state index contributed by atoms with van der Waals surface area (Å²) < 4.78 is 5.86. The highest BCUT2D eigenvalue weighted by molar-refractivity contribution is 5.83. The van der Waals surface area contributed by atoms with Gasteiger partial charge in [0.15, 0.2) is 0 Å². The van der Waals surface area contributed by atoms with Gasteiger partial charge in [-0.1, -0.05) is 0 Å². The summed E-state index contributed by atoms with van der Waals surface area (Å²) in [5, 5.41) is 15.4.